The van der Waals surface area contributed by atoms with Crippen LogP contribution in [-0.2, 0) is 6.42 Å². The van der Waals surface area contributed by atoms with E-state index >= 15 is 0 Å². The molecule has 3 heteroatoms. The molecule has 100 valence electrons. The van der Waals surface area contributed by atoms with Crippen molar-refractivity contribution < 1.29 is 9.21 Å². The van der Waals surface area contributed by atoms with Crippen molar-refractivity contribution in [3.8, 4) is 0 Å². The van der Waals surface area contributed by atoms with Crippen molar-refractivity contribution in [1.82, 2.24) is 5.32 Å². The SMILES string of the molecule is CCc1ccc([C@@H](C)NC(=O)c2ccc(C)o2)cc1. The van der Waals surface area contributed by atoms with E-state index in [-0.39, 0.29) is 11.9 Å². The first-order chi connectivity index (χ1) is 9.10. The summed E-state index contributed by atoms with van der Waals surface area (Å²) in [7, 11) is 0. The summed E-state index contributed by atoms with van der Waals surface area (Å²) in [6.07, 6.45) is 1.02. The molecule has 1 aromatic carbocycles. The minimum atomic E-state index is -0.180. The molecule has 0 saturated heterocycles. The summed E-state index contributed by atoms with van der Waals surface area (Å²) in [4.78, 5) is 12.0. The predicted octanol–water partition coefficient (Wildman–Crippen LogP) is 3.64. The number of furan rings is 1. The molecule has 1 aromatic heterocycles. The second kappa shape index (κ2) is 5.74. The van der Waals surface area contributed by atoms with Gasteiger partial charge in [0.1, 0.15) is 5.76 Å². The maximum Gasteiger partial charge on any atom is 0.287 e. The molecule has 0 aliphatic carbocycles. The van der Waals surface area contributed by atoms with Crippen molar-refractivity contribution in [3.63, 3.8) is 0 Å². The zero-order valence-electron chi connectivity index (χ0n) is 11.6. The Labute approximate surface area is 113 Å². The fourth-order valence-corrected chi connectivity index (χ4v) is 1.95. The van der Waals surface area contributed by atoms with Gasteiger partial charge in [-0.3, -0.25) is 4.79 Å². The van der Waals surface area contributed by atoms with Crippen LogP contribution in [0, 0.1) is 6.92 Å². The number of amides is 1. The number of aryl methyl sites for hydroxylation is 2. The second-order valence-electron chi connectivity index (χ2n) is 4.70. The van der Waals surface area contributed by atoms with Gasteiger partial charge in [0.25, 0.3) is 5.91 Å². The largest absolute Gasteiger partial charge is 0.456 e. The molecular formula is C16H19NO2. The molecule has 0 aliphatic rings. The van der Waals surface area contributed by atoms with Crippen LogP contribution in [0.15, 0.2) is 40.8 Å². The Morgan fingerprint density at radius 2 is 1.89 bits per heavy atom. The number of hydrogen-bond acceptors (Lipinski definition) is 2. The molecule has 1 atom stereocenters. The van der Waals surface area contributed by atoms with Gasteiger partial charge in [0, 0.05) is 0 Å². The smallest absolute Gasteiger partial charge is 0.287 e. The summed E-state index contributed by atoms with van der Waals surface area (Å²) >= 11 is 0. The molecule has 0 saturated carbocycles. The van der Waals surface area contributed by atoms with E-state index in [2.05, 4.69) is 36.5 Å². The Hall–Kier alpha value is -2.03. The van der Waals surface area contributed by atoms with E-state index in [9.17, 15) is 4.79 Å². The third-order valence-electron chi connectivity index (χ3n) is 3.20. The molecule has 0 spiro atoms. The van der Waals surface area contributed by atoms with Crippen LogP contribution in [0.1, 0.15) is 47.3 Å². The van der Waals surface area contributed by atoms with Gasteiger partial charge in [0.15, 0.2) is 5.76 Å². The predicted molar refractivity (Wildman–Crippen MR) is 75.1 cm³/mol. The van der Waals surface area contributed by atoms with Crippen molar-refractivity contribution in [1.29, 1.82) is 0 Å². The van der Waals surface area contributed by atoms with E-state index in [0.717, 1.165) is 17.7 Å². The Bertz CT molecular complexity index is 554. The Balaban J connectivity index is 2.03. The first kappa shape index (κ1) is 13.4. The maximum absolute atomic E-state index is 12.0. The molecular weight excluding hydrogens is 238 g/mol. The van der Waals surface area contributed by atoms with E-state index in [1.165, 1.54) is 5.56 Å². The minimum Gasteiger partial charge on any atom is -0.456 e. The molecule has 3 nitrogen and oxygen atoms in total. The lowest BCUT2D eigenvalue weighted by atomic mass is 10.0. The highest BCUT2D eigenvalue weighted by atomic mass is 16.3. The molecule has 0 unspecified atom stereocenters. The Morgan fingerprint density at radius 1 is 1.21 bits per heavy atom. The monoisotopic (exact) mass is 257 g/mol. The average Bonchev–Trinajstić information content (AvgIpc) is 2.85. The number of carbonyl (C=O) groups is 1. The second-order valence-corrected chi connectivity index (χ2v) is 4.70. The molecule has 19 heavy (non-hydrogen) atoms. The summed E-state index contributed by atoms with van der Waals surface area (Å²) in [6, 6.07) is 11.7. The summed E-state index contributed by atoms with van der Waals surface area (Å²) in [5.41, 5.74) is 2.39. The van der Waals surface area contributed by atoms with Crippen LogP contribution in [0.5, 0.6) is 0 Å². The number of benzene rings is 1. The Morgan fingerprint density at radius 3 is 2.42 bits per heavy atom. The lowest BCUT2D eigenvalue weighted by molar-refractivity contribution is 0.0910. The van der Waals surface area contributed by atoms with E-state index in [1.807, 2.05) is 13.8 Å². The van der Waals surface area contributed by atoms with E-state index in [1.54, 1.807) is 12.1 Å². The summed E-state index contributed by atoms with van der Waals surface area (Å²) < 4.78 is 5.31. The quantitative estimate of drug-likeness (QED) is 0.908. The normalized spacial score (nSPS) is 12.2. The van der Waals surface area contributed by atoms with Crippen LogP contribution in [0.3, 0.4) is 0 Å². The molecule has 2 rings (SSSR count). The van der Waals surface area contributed by atoms with E-state index < -0.39 is 0 Å². The third kappa shape index (κ3) is 3.25. The van der Waals surface area contributed by atoms with Gasteiger partial charge in [-0.05, 0) is 43.5 Å². The highest BCUT2D eigenvalue weighted by Crippen LogP contribution is 2.15. The van der Waals surface area contributed by atoms with Crippen molar-refractivity contribution in [3.05, 3.63) is 59.0 Å². The van der Waals surface area contributed by atoms with Gasteiger partial charge in [-0.2, -0.15) is 0 Å². The number of carbonyl (C=O) groups excluding carboxylic acids is 1. The first-order valence-electron chi connectivity index (χ1n) is 6.56. The third-order valence-corrected chi connectivity index (χ3v) is 3.20. The number of hydrogen-bond donors (Lipinski definition) is 1. The topological polar surface area (TPSA) is 42.2 Å². The van der Waals surface area contributed by atoms with Crippen molar-refractivity contribution >= 4 is 5.91 Å². The zero-order chi connectivity index (χ0) is 13.8. The van der Waals surface area contributed by atoms with Gasteiger partial charge in [0.2, 0.25) is 0 Å². The molecule has 0 radical (unpaired) electrons. The van der Waals surface area contributed by atoms with Crippen molar-refractivity contribution in [2.75, 3.05) is 0 Å². The minimum absolute atomic E-state index is 0.0381. The lowest BCUT2D eigenvalue weighted by Crippen LogP contribution is -2.26. The van der Waals surface area contributed by atoms with Crippen LogP contribution in [0.25, 0.3) is 0 Å². The number of nitrogens with one attached hydrogen (secondary N) is 1. The molecule has 1 N–H and O–H groups in total. The van der Waals surface area contributed by atoms with Gasteiger partial charge >= 0.3 is 0 Å². The molecule has 1 heterocycles. The number of rotatable bonds is 4. The highest BCUT2D eigenvalue weighted by Gasteiger charge is 2.14. The zero-order valence-corrected chi connectivity index (χ0v) is 11.6. The van der Waals surface area contributed by atoms with Crippen LogP contribution in [0.4, 0.5) is 0 Å². The van der Waals surface area contributed by atoms with Crippen LogP contribution < -0.4 is 5.32 Å². The maximum atomic E-state index is 12.0. The Kier molecular flexibility index (Phi) is 4.05. The molecule has 0 aliphatic heterocycles. The van der Waals surface area contributed by atoms with Crippen molar-refractivity contribution in [2.45, 2.75) is 33.2 Å². The van der Waals surface area contributed by atoms with Crippen molar-refractivity contribution in [2.24, 2.45) is 0 Å². The molecule has 2 aromatic rings. The van der Waals surface area contributed by atoms with Gasteiger partial charge in [-0.15, -0.1) is 0 Å². The lowest BCUT2D eigenvalue weighted by Gasteiger charge is -2.13. The molecule has 0 bridgehead atoms. The highest BCUT2D eigenvalue weighted by molar-refractivity contribution is 5.91. The van der Waals surface area contributed by atoms with Gasteiger partial charge in [-0.1, -0.05) is 31.2 Å². The van der Waals surface area contributed by atoms with Crippen LogP contribution >= 0.6 is 0 Å². The fourth-order valence-electron chi connectivity index (χ4n) is 1.95. The first-order valence-corrected chi connectivity index (χ1v) is 6.56. The van der Waals surface area contributed by atoms with Gasteiger partial charge in [0.05, 0.1) is 6.04 Å². The summed E-state index contributed by atoms with van der Waals surface area (Å²) in [5.74, 6) is 0.916. The molecule has 1 amide bonds. The fraction of sp³-hybridized carbons (Fsp3) is 0.312. The van der Waals surface area contributed by atoms with Crippen LogP contribution in [0.2, 0.25) is 0 Å². The van der Waals surface area contributed by atoms with E-state index in [4.69, 9.17) is 4.42 Å². The summed E-state index contributed by atoms with van der Waals surface area (Å²) in [6.45, 7) is 5.91. The van der Waals surface area contributed by atoms with Gasteiger partial charge < -0.3 is 9.73 Å². The van der Waals surface area contributed by atoms with Gasteiger partial charge in [-0.25, -0.2) is 0 Å². The summed E-state index contributed by atoms with van der Waals surface area (Å²) in [5, 5.41) is 2.93. The van der Waals surface area contributed by atoms with Crippen LogP contribution in [-0.4, -0.2) is 5.91 Å². The standard InChI is InChI=1S/C16H19NO2/c1-4-13-6-8-14(9-7-13)12(3)17-16(18)15-10-5-11(2)19-15/h5-10,12H,4H2,1-3H3,(H,17,18)/t12-/m1/s1. The van der Waals surface area contributed by atoms with E-state index in [0.29, 0.717) is 5.76 Å². The molecule has 0 fully saturated rings. The average molecular weight is 257 g/mol.